The molecule has 1 fully saturated rings. The van der Waals surface area contributed by atoms with Crippen molar-refractivity contribution in [2.45, 2.75) is 19.4 Å². The second kappa shape index (κ2) is 5.77. The predicted molar refractivity (Wildman–Crippen MR) is 81.7 cm³/mol. The first-order valence-corrected chi connectivity index (χ1v) is 7.26. The molecule has 0 spiro atoms. The molecule has 0 amide bonds. The molecule has 3 rings (SSSR count). The van der Waals surface area contributed by atoms with Crippen molar-refractivity contribution < 1.29 is 5.11 Å². The van der Waals surface area contributed by atoms with E-state index in [1.807, 2.05) is 18.2 Å². The van der Waals surface area contributed by atoms with Crippen LogP contribution >= 0.6 is 0 Å². The molecule has 2 aromatic rings. The number of piperidine rings is 1. The van der Waals surface area contributed by atoms with Gasteiger partial charge < -0.3 is 15.7 Å². The van der Waals surface area contributed by atoms with E-state index in [-0.39, 0.29) is 6.61 Å². The quantitative estimate of drug-likeness (QED) is 0.895. The van der Waals surface area contributed by atoms with Gasteiger partial charge >= 0.3 is 0 Å². The number of anilines is 1. The van der Waals surface area contributed by atoms with Crippen molar-refractivity contribution in [2.24, 2.45) is 11.7 Å². The standard InChI is InChI=1S/C16H21N3O/c17-9-13-8-16(18-15-6-2-1-5-14(13)15)19-7-3-4-12(10-19)11-20/h1-2,5-6,8,12,20H,3-4,7,9-11,17H2. The smallest absolute Gasteiger partial charge is 0.129 e. The van der Waals surface area contributed by atoms with Crippen molar-refractivity contribution in [2.75, 3.05) is 24.6 Å². The molecule has 0 aliphatic carbocycles. The number of hydrogen-bond acceptors (Lipinski definition) is 4. The minimum Gasteiger partial charge on any atom is -0.396 e. The fourth-order valence-electron chi connectivity index (χ4n) is 2.98. The Balaban J connectivity index is 1.99. The van der Waals surface area contributed by atoms with E-state index in [4.69, 9.17) is 10.7 Å². The normalized spacial score (nSPS) is 19.5. The number of hydrogen-bond donors (Lipinski definition) is 2. The number of aliphatic hydroxyl groups excluding tert-OH is 1. The second-order valence-electron chi connectivity index (χ2n) is 5.50. The molecular formula is C16H21N3O. The number of aromatic nitrogens is 1. The Morgan fingerprint density at radius 3 is 3.00 bits per heavy atom. The lowest BCUT2D eigenvalue weighted by Gasteiger charge is -2.33. The Morgan fingerprint density at radius 2 is 2.20 bits per heavy atom. The molecule has 0 radical (unpaired) electrons. The molecule has 1 aliphatic heterocycles. The molecule has 1 aromatic heterocycles. The van der Waals surface area contributed by atoms with Crippen LogP contribution in [0.15, 0.2) is 30.3 Å². The summed E-state index contributed by atoms with van der Waals surface area (Å²) < 4.78 is 0. The van der Waals surface area contributed by atoms with Gasteiger partial charge in [-0.3, -0.25) is 0 Å². The summed E-state index contributed by atoms with van der Waals surface area (Å²) in [4.78, 5) is 7.04. The summed E-state index contributed by atoms with van der Waals surface area (Å²) in [6.07, 6.45) is 2.21. The summed E-state index contributed by atoms with van der Waals surface area (Å²) >= 11 is 0. The third-order valence-corrected chi connectivity index (χ3v) is 4.11. The third-order valence-electron chi connectivity index (χ3n) is 4.11. The molecule has 0 bridgehead atoms. The maximum Gasteiger partial charge on any atom is 0.129 e. The van der Waals surface area contributed by atoms with Crippen LogP contribution in [0.4, 0.5) is 5.82 Å². The topological polar surface area (TPSA) is 62.4 Å². The van der Waals surface area contributed by atoms with Gasteiger partial charge in [-0.2, -0.15) is 0 Å². The summed E-state index contributed by atoms with van der Waals surface area (Å²) in [6, 6.07) is 10.2. The Labute approximate surface area is 119 Å². The molecule has 1 atom stereocenters. The molecule has 2 heterocycles. The van der Waals surface area contributed by atoms with Crippen LogP contribution in [0.5, 0.6) is 0 Å². The van der Waals surface area contributed by atoms with Crippen LogP contribution in [-0.2, 0) is 6.54 Å². The highest BCUT2D eigenvalue weighted by atomic mass is 16.3. The van der Waals surface area contributed by atoms with Crippen molar-refractivity contribution >= 4 is 16.7 Å². The maximum atomic E-state index is 9.36. The maximum absolute atomic E-state index is 9.36. The van der Waals surface area contributed by atoms with Gasteiger partial charge in [-0.1, -0.05) is 18.2 Å². The highest BCUT2D eigenvalue weighted by Gasteiger charge is 2.21. The summed E-state index contributed by atoms with van der Waals surface area (Å²) in [7, 11) is 0. The van der Waals surface area contributed by atoms with Gasteiger partial charge in [0.05, 0.1) is 5.52 Å². The molecule has 106 valence electrons. The van der Waals surface area contributed by atoms with Crippen LogP contribution in [0, 0.1) is 5.92 Å². The number of nitrogens with zero attached hydrogens (tertiary/aromatic N) is 2. The largest absolute Gasteiger partial charge is 0.396 e. The molecular weight excluding hydrogens is 250 g/mol. The highest BCUT2D eigenvalue weighted by molar-refractivity contribution is 5.84. The lowest BCUT2D eigenvalue weighted by Crippen LogP contribution is -2.37. The number of benzene rings is 1. The van der Waals surface area contributed by atoms with Gasteiger partial charge in [0.1, 0.15) is 5.82 Å². The van der Waals surface area contributed by atoms with Gasteiger partial charge in [-0.05, 0) is 36.5 Å². The van der Waals surface area contributed by atoms with E-state index in [2.05, 4.69) is 17.0 Å². The monoisotopic (exact) mass is 271 g/mol. The second-order valence-corrected chi connectivity index (χ2v) is 5.50. The van der Waals surface area contributed by atoms with Gasteiger partial charge in [0, 0.05) is 31.6 Å². The summed E-state index contributed by atoms with van der Waals surface area (Å²) in [6.45, 7) is 2.67. The first kappa shape index (κ1) is 13.3. The fourth-order valence-corrected chi connectivity index (χ4v) is 2.98. The van der Waals surface area contributed by atoms with Crippen molar-refractivity contribution in [1.29, 1.82) is 0 Å². The summed E-state index contributed by atoms with van der Waals surface area (Å²) in [5, 5.41) is 10.5. The number of para-hydroxylation sites is 1. The molecule has 1 unspecified atom stereocenters. The van der Waals surface area contributed by atoms with E-state index >= 15 is 0 Å². The van der Waals surface area contributed by atoms with Crippen molar-refractivity contribution in [3.8, 4) is 0 Å². The van der Waals surface area contributed by atoms with E-state index in [1.54, 1.807) is 0 Å². The fraction of sp³-hybridized carbons (Fsp3) is 0.438. The van der Waals surface area contributed by atoms with Crippen molar-refractivity contribution in [3.63, 3.8) is 0 Å². The molecule has 1 saturated heterocycles. The first-order valence-electron chi connectivity index (χ1n) is 7.26. The Hall–Kier alpha value is -1.65. The van der Waals surface area contributed by atoms with Crippen LogP contribution in [0.1, 0.15) is 18.4 Å². The number of rotatable bonds is 3. The number of pyridine rings is 1. The third kappa shape index (κ3) is 2.49. The highest BCUT2D eigenvalue weighted by Crippen LogP contribution is 2.26. The summed E-state index contributed by atoms with van der Waals surface area (Å²) in [5.41, 5.74) is 8.01. The van der Waals surface area contributed by atoms with Crippen LogP contribution in [-0.4, -0.2) is 29.8 Å². The molecule has 0 saturated carbocycles. The van der Waals surface area contributed by atoms with E-state index in [0.717, 1.165) is 48.2 Å². The first-order chi connectivity index (χ1) is 9.81. The van der Waals surface area contributed by atoms with Gasteiger partial charge in [-0.25, -0.2) is 4.98 Å². The van der Waals surface area contributed by atoms with Crippen molar-refractivity contribution in [3.05, 3.63) is 35.9 Å². The van der Waals surface area contributed by atoms with E-state index in [1.165, 1.54) is 0 Å². The van der Waals surface area contributed by atoms with E-state index in [0.29, 0.717) is 12.5 Å². The molecule has 1 aliphatic rings. The Kier molecular flexibility index (Phi) is 3.85. The molecule has 20 heavy (non-hydrogen) atoms. The summed E-state index contributed by atoms with van der Waals surface area (Å²) in [5.74, 6) is 1.35. The molecule has 1 aromatic carbocycles. The van der Waals surface area contributed by atoms with E-state index in [9.17, 15) is 5.11 Å². The molecule has 4 heteroatoms. The SMILES string of the molecule is NCc1cc(N2CCCC(CO)C2)nc2ccccc12. The Morgan fingerprint density at radius 1 is 1.35 bits per heavy atom. The van der Waals surface area contributed by atoms with Gasteiger partial charge in [-0.15, -0.1) is 0 Å². The van der Waals surface area contributed by atoms with Crippen molar-refractivity contribution in [1.82, 2.24) is 4.98 Å². The number of fused-ring (bicyclic) bond motifs is 1. The minimum absolute atomic E-state index is 0.258. The zero-order valence-electron chi connectivity index (χ0n) is 11.6. The number of aliphatic hydroxyl groups is 1. The van der Waals surface area contributed by atoms with E-state index < -0.39 is 0 Å². The van der Waals surface area contributed by atoms with Crippen LogP contribution in [0.2, 0.25) is 0 Å². The predicted octanol–water partition coefficient (Wildman–Crippen LogP) is 1.90. The number of nitrogens with two attached hydrogens (primary N) is 1. The zero-order valence-corrected chi connectivity index (χ0v) is 11.6. The van der Waals surface area contributed by atoms with Crippen LogP contribution in [0.3, 0.4) is 0 Å². The average molecular weight is 271 g/mol. The van der Waals surface area contributed by atoms with Crippen LogP contribution in [0.25, 0.3) is 10.9 Å². The van der Waals surface area contributed by atoms with Gasteiger partial charge in [0.2, 0.25) is 0 Å². The van der Waals surface area contributed by atoms with Crippen LogP contribution < -0.4 is 10.6 Å². The zero-order chi connectivity index (χ0) is 13.9. The molecule has 4 nitrogen and oxygen atoms in total. The lowest BCUT2D eigenvalue weighted by molar-refractivity contribution is 0.208. The Bertz CT molecular complexity index is 599. The molecule has 3 N–H and O–H groups in total. The van der Waals surface area contributed by atoms with Gasteiger partial charge in [0.25, 0.3) is 0 Å². The van der Waals surface area contributed by atoms with Gasteiger partial charge in [0.15, 0.2) is 0 Å². The lowest BCUT2D eigenvalue weighted by atomic mass is 9.99. The average Bonchev–Trinajstić information content (AvgIpc) is 2.53. The minimum atomic E-state index is 0.258.